The van der Waals surface area contributed by atoms with Gasteiger partial charge in [-0.25, -0.2) is 4.99 Å². The lowest BCUT2D eigenvalue weighted by atomic mass is 10.2. The van der Waals surface area contributed by atoms with E-state index in [0.29, 0.717) is 24.0 Å². The summed E-state index contributed by atoms with van der Waals surface area (Å²) in [6, 6.07) is 5.70. The molecule has 0 aliphatic rings. The molecular weight excluding hydrogens is 357 g/mol. The van der Waals surface area contributed by atoms with Gasteiger partial charge in [0.25, 0.3) is 0 Å². The summed E-state index contributed by atoms with van der Waals surface area (Å²) in [7, 11) is 3.23. The predicted octanol–water partition coefficient (Wildman–Crippen LogP) is 2.14. The molecule has 5 nitrogen and oxygen atoms in total. The zero-order valence-corrected chi connectivity index (χ0v) is 13.9. The average Bonchev–Trinajstić information content (AvgIpc) is 2.41. The van der Waals surface area contributed by atoms with Gasteiger partial charge in [-0.05, 0) is 12.5 Å². The minimum absolute atomic E-state index is 0. The van der Waals surface area contributed by atoms with Crippen molar-refractivity contribution in [3.05, 3.63) is 23.8 Å². The minimum Gasteiger partial charge on any atom is -0.493 e. The molecule has 0 saturated carbocycles. The Hall–Kier alpha value is -1.18. The molecule has 108 valence electrons. The zero-order valence-electron chi connectivity index (χ0n) is 11.6. The minimum atomic E-state index is 0. The van der Waals surface area contributed by atoms with Crippen molar-refractivity contribution in [1.29, 1.82) is 0 Å². The quantitative estimate of drug-likeness (QED) is 0.452. The van der Waals surface area contributed by atoms with Crippen LogP contribution in [-0.4, -0.2) is 26.7 Å². The number of nitrogens with zero attached hydrogens (tertiary/aromatic N) is 1. The van der Waals surface area contributed by atoms with Gasteiger partial charge in [0.1, 0.15) is 0 Å². The second kappa shape index (κ2) is 9.71. The fourth-order valence-corrected chi connectivity index (χ4v) is 1.56. The van der Waals surface area contributed by atoms with E-state index < -0.39 is 0 Å². The van der Waals surface area contributed by atoms with Crippen LogP contribution in [0.3, 0.4) is 0 Å². The highest BCUT2D eigenvalue weighted by Crippen LogP contribution is 2.30. The van der Waals surface area contributed by atoms with Gasteiger partial charge in [-0.3, -0.25) is 0 Å². The van der Waals surface area contributed by atoms with E-state index in [1.165, 1.54) is 0 Å². The Balaban J connectivity index is 0.00000324. The average molecular weight is 379 g/mol. The highest BCUT2D eigenvalue weighted by atomic mass is 127. The summed E-state index contributed by atoms with van der Waals surface area (Å²) in [5.41, 5.74) is 6.68. The van der Waals surface area contributed by atoms with Crippen molar-refractivity contribution < 1.29 is 9.47 Å². The van der Waals surface area contributed by atoms with E-state index in [-0.39, 0.29) is 24.0 Å². The van der Waals surface area contributed by atoms with Crippen LogP contribution >= 0.6 is 24.0 Å². The highest BCUT2D eigenvalue weighted by molar-refractivity contribution is 14.0. The van der Waals surface area contributed by atoms with Gasteiger partial charge < -0.3 is 20.5 Å². The largest absolute Gasteiger partial charge is 0.493 e. The van der Waals surface area contributed by atoms with Gasteiger partial charge in [0.15, 0.2) is 17.5 Å². The Morgan fingerprint density at radius 2 is 2.05 bits per heavy atom. The van der Waals surface area contributed by atoms with Crippen molar-refractivity contribution >= 4 is 29.9 Å². The van der Waals surface area contributed by atoms with Crippen molar-refractivity contribution in [3.63, 3.8) is 0 Å². The fourth-order valence-electron chi connectivity index (χ4n) is 1.56. The molecule has 0 radical (unpaired) electrons. The standard InChI is InChI=1S/C13H21N3O2.HI/c1-4-8-15-13(14)16-9-10-6-5-7-11(17-2)12(10)18-3;/h5-7H,4,8-9H2,1-3H3,(H3,14,15,16);1H. The number of methoxy groups -OCH3 is 2. The molecule has 0 unspecified atom stereocenters. The summed E-state index contributed by atoms with van der Waals surface area (Å²) < 4.78 is 10.6. The van der Waals surface area contributed by atoms with E-state index in [1.54, 1.807) is 14.2 Å². The summed E-state index contributed by atoms with van der Waals surface area (Å²) in [5, 5.41) is 3.02. The van der Waals surface area contributed by atoms with Crippen molar-refractivity contribution in [2.45, 2.75) is 19.9 Å². The van der Waals surface area contributed by atoms with Gasteiger partial charge in [-0.1, -0.05) is 19.1 Å². The Morgan fingerprint density at radius 3 is 2.63 bits per heavy atom. The second-order valence-electron chi connectivity index (χ2n) is 3.78. The lowest BCUT2D eigenvalue weighted by Crippen LogP contribution is -2.32. The first-order chi connectivity index (χ1) is 8.72. The molecule has 0 spiro atoms. The summed E-state index contributed by atoms with van der Waals surface area (Å²) in [4.78, 5) is 4.26. The number of para-hydroxylation sites is 1. The number of ether oxygens (including phenoxy) is 2. The molecule has 1 aromatic carbocycles. The molecule has 0 heterocycles. The SMILES string of the molecule is CCCNC(N)=NCc1cccc(OC)c1OC.I. The van der Waals surface area contributed by atoms with E-state index in [4.69, 9.17) is 15.2 Å². The third-order valence-electron chi connectivity index (χ3n) is 2.46. The Kier molecular flexibility index (Phi) is 9.11. The van der Waals surface area contributed by atoms with E-state index in [0.717, 1.165) is 18.5 Å². The van der Waals surface area contributed by atoms with Crippen LogP contribution < -0.4 is 20.5 Å². The number of hydrogen-bond acceptors (Lipinski definition) is 3. The number of guanidine groups is 1. The number of nitrogens with one attached hydrogen (secondary N) is 1. The van der Waals surface area contributed by atoms with Crippen LogP contribution in [0.4, 0.5) is 0 Å². The second-order valence-corrected chi connectivity index (χ2v) is 3.78. The molecule has 0 aliphatic heterocycles. The Morgan fingerprint density at radius 1 is 1.32 bits per heavy atom. The van der Waals surface area contributed by atoms with Gasteiger partial charge >= 0.3 is 0 Å². The van der Waals surface area contributed by atoms with Gasteiger partial charge in [0, 0.05) is 12.1 Å². The number of hydrogen-bond donors (Lipinski definition) is 2. The molecule has 3 N–H and O–H groups in total. The van der Waals surface area contributed by atoms with Crippen LogP contribution in [0.1, 0.15) is 18.9 Å². The molecule has 1 rings (SSSR count). The van der Waals surface area contributed by atoms with E-state index in [9.17, 15) is 0 Å². The van der Waals surface area contributed by atoms with Gasteiger partial charge in [-0.15, -0.1) is 24.0 Å². The first-order valence-corrected chi connectivity index (χ1v) is 5.96. The first-order valence-electron chi connectivity index (χ1n) is 5.96. The van der Waals surface area contributed by atoms with E-state index in [1.807, 2.05) is 18.2 Å². The number of rotatable bonds is 6. The molecule has 1 aromatic rings. The van der Waals surface area contributed by atoms with Crippen molar-refractivity contribution in [1.82, 2.24) is 5.32 Å². The first kappa shape index (κ1) is 17.8. The molecule has 0 atom stereocenters. The molecule has 6 heteroatoms. The maximum atomic E-state index is 5.74. The number of halogens is 1. The van der Waals surface area contributed by atoms with Crippen LogP contribution in [0.15, 0.2) is 23.2 Å². The summed E-state index contributed by atoms with van der Waals surface area (Å²) >= 11 is 0. The van der Waals surface area contributed by atoms with Gasteiger partial charge in [0.2, 0.25) is 0 Å². The lowest BCUT2D eigenvalue weighted by molar-refractivity contribution is 0.352. The lowest BCUT2D eigenvalue weighted by Gasteiger charge is -2.11. The third-order valence-corrected chi connectivity index (χ3v) is 2.46. The summed E-state index contributed by atoms with van der Waals surface area (Å²) in [5.74, 6) is 1.85. The number of benzene rings is 1. The van der Waals surface area contributed by atoms with Crippen molar-refractivity contribution in [3.8, 4) is 11.5 Å². The van der Waals surface area contributed by atoms with Crippen LogP contribution in [-0.2, 0) is 6.54 Å². The highest BCUT2D eigenvalue weighted by Gasteiger charge is 2.08. The molecule has 19 heavy (non-hydrogen) atoms. The predicted molar refractivity (Wildman–Crippen MR) is 88.6 cm³/mol. The zero-order chi connectivity index (χ0) is 13.4. The molecule has 0 aromatic heterocycles. The van der Waals surface area contributed by atoms with Crippen LogP contribution in [0.5, 0.6) is 11.5 Å². The van der Waals surface area contributed by atoms with Gasteiger partial charge in [-0.2, -0.15) is 0 Å². The molecule has 0 fully saturated rings. The maximum absolute atomic E-state index is 5.74. The molecule has 0 aliphatic carbocycles. The van der Waals surface area contributed by atoms with Crippen molar-refractivity contribution in [2.75, 3.05) is 20.8 Å². The summed E-state index contributed by atoms with van der Waals surface area (Å²) in [6.45, 7) is 3.36. The van der Waals surface area contributed by atoms with Crippen molar-refractivity contribution in [2.24, 2.45) is 10.7 Å². The Labute approximate surface area is 131 Å². The topological polar surface area (TPSA) is 68.9 Å². The number of nitrogens with two attached hydrogens (primary N) is 1. The molecule has 0 amide bonds. The monoisotopic (exact) mass is 379 g/mol. The summed E-state index contributed by atoms with van der Waals surface area (Å²) in [6.07, 6.45) is 1.01. The third kappa shape index (κ3) is 5.54. The van der Waals surface area contributed by atoms with Crippen LogP contribution in [0.25, 0.3) is 0 Å². The smallest absolute Gasteiger partial charge is 0.188 e. The van der Waals surface area contributed by atoms with E-state index >= 15 is 0 Å². The Bertz CT molecular complexity index is 411. The molecule has 0 saturated heterocycles. The maximum Gasteiger partial charge on any atom is 0.188 e. The number of aliphatic imine (C=N–C) groups is 1. The van der Waals surface area contributed by atoms with Gasteiger partial charge in [0.05, 0.1) is 20.8 Å². The van der Waals surface area contributed by atoms with E-state index in [2.05, 4.69) is 17.2 Å². The molecule has 0 bridgehead atoms. The molecular formula is C13H22IN3O2. The fraction of sp³-hybridized carbons (Fsp3) is 0.462. The van der Waals surface area contributed by atoms with Crippen LogP contribution in [0.2, 0.25) is 0 Å². The normalized spacial score (nSPS) is 10.6. The van der Waals surface area contributed by atoms with Crippen LogP contribution in [0, 0.1) is 0 Å².